The molecule has 0 fully saturated rings. The molecule has 1 aromatic heterocycles. The van der Waals surface area contributed by atoms with Gasteiger partial charge >= 0.3 is 0 Å². The molecule has 5 heteroatoms. The van der Waals surface area contributed by atoms with Crippen LogP contribution in [0.4, 0.5) is 10.2 Å². The van der Waals surface area contributed by atoms with Gasteiger partial charge in [-0.25, -0.2) is 9.37 Å². The van der Waals surface area contributed by atoms with Gasteiger partial charge in [0, 0.05) is 44.1 Å². The Hall–Kier alpha value is -1.20. The number of anilines is 1. The number of methoxy groups -OCH3 is 1. The molecule has 0 aliphatic rings. The van der Waals surface area contributed by atoms with E-state index in [-0.39, 0.29) is 11.4 Å². The van der Waals surface area contributed by atoms with Crippen molar-refractivity contribution < 1.29 is 9.13 Å². The minimum absolute atomic E-state index is 0.0371. The molecule has 0 amide bonds. The highest BCUT2D eigenvalue weighted by Crippen LogP contribution is 2.16. The van der Waals surface area contributed by atoms with Crippen molar-refractivity contribution in [2.45, 2.75) is 52.1 Å². The van der Waals surface area contributed by atoms with Gasteiger partial charge in [0.1, 0.15) is 0 Å². The number of unbranched alkanes of at least 4 members (excludes halogenated alkanes) is 2. The van der Waals surface area contributed by atoms with Crippen molar-refractivity contribution in [3.05, 3.63) is 23.6 Å². The van der Waals surface area contributed by atoms with Crippen molar-refractivity contribution in [2.24, 2.45) is 0 Å². The molecule has 0 spiro atoms. The van der Waals surface area contributed by atoms with Gasteiger partial charge in [-0.1, -0.05) is 0 Å². The third-order valence-corrected chi connectivity index (χ3v) is 3.10. The van der Waals surface area contributed by atoms with E-state index in [2.05, 4.69) is 36.4 Å². The van der Waals surface area contributed by atoms with Crippen molar-refractivity contribution in [1.82, 2.24) is 10.3 Å². The summed E-state index contributed by atoms with van der Waals surface area (Å²) >= 11 is 0. The monoisotopic (exact) mass is 297 g/mol. The van der Waals surface area contributed by atoms with Gasteiger partial charge in [-0.3, -0.25) is 0 Å². The Labute approximate surface area is 127 Å². The van der Waals surface area contributed by atoms with Crippen LogP contribution in [0.25, 0.3) is 0 Å². The second-order valence-corrected chi connectivity index (χ2v) is 6.22. The van der Waals surface area contributed by atoms with Gasteiger partial charge in [0.05, 0.1) is 0 Å². The average molecular weight is 297 g/mol. The van der Waals surface area contributed by atoms with Crippen molar-refractivity contribution in [1.29, 1.82) is 0 Å². The van der Waals surface area contributed by atoms with Crippen molar-refractivity contribution in [3.8, 4) is 0 Å². The molecule has 0 saturated heterocycles. The summed E-state index contributed by atoms with van der Waals surface area (Å²) in [5, 5.41) is 6.36. The number of ether oxygens (including phenoxy) is 1. The normalized spacial score (nSPS) is 11.7. The molecule has 0 unspecified atom stereocenters. The standard InChI is InChI=1S/C16H28FN3O/c1-16(2,3)20-12-13-8-10-19-15(14(13)17)18-9-6-5-7-11-21-4/h8,10,20H,5-7,9,11-12H2,1-4H3,(H,18,19). The summed E-state index contributed by atoms with van der Waals surface area (Å²) < 4.78 is 19.3. The number of rotatable bonds is 9. The molecule has 0 bridgehead atoms. The Bertz CT molecular complexity index is 418. The van der Waals surface area contributed by atoms with Gasteiger partial charge in [0.2, 0.25) is 0 Å². The molecule has 1 rings (SSSR count). The van der Waals surface area contributed by atoms with E-state index in [0.29, 0.717) is 17.9 Å². The van der Waals surface area contributed by atoms with Gasteiger partial charge in [-0.05, 0) is 46.1 Å². The van der Waals surface area contributed by atoms with Crippen LogP contribution in [0.1, 0.15) is 45.6 Å². The maximum Gasteiger partial charge on any atom is 0.169 e. The van der Waals surface area contributed by atoms with Crippen LogP contribution in [0.5, 0.6) is 0 Å². The highest BCUT2D eigenvalue weighted by molar-refractivity contribution is 5.39. The first-order valence-corrected chi connectivity index (χ1v) is 7.55. The first-order chi connectivity index (χ1) is 9.94. The van der Waals surface area contributed by atoms with Crippen LogP contribution >= 0.6 is 0 Å². The van der Waals surface area contributed by atoms with E-state index >= 15 is 0 Å². The predicted molar refractivity (Wildman–Crippen MR) is 85.0 cm³/mol. The summed E-state index contributed by atoms with van der Waals surface area (Å²) in [5.74, 6) is 0.0843. The minimum Gasteiger partial charge on any atom is -0.385 e. The summed E-state index contributed by atoms with van der Waals surface area (Å²) in [6, 6.07) is 1.72. The molecule has 0 radical (unpaired) electrons. The third-order valence-electron chi connectivity index (χ3n) is 3.10. The minimum atomic E-state index is -0.258. The Morgan fingerprint density at radius 1 is 1.24 bits per heavy atom. The maximum atomic E-state index is 14.3. The van der Waals surface area contributed by atoms with Gasteiger partial charge in [0.15, 0.2) is 11.6 Å². The molecule has 0 aliphatic heterocycles. The SMILES string of the molecule is COCCCCCNc1nccc(CNC(C)(C)C)c1F. The molecule has 0 saturated carbocycles. The lowest BCUT2D eigenvalue weighted by molar-refractivity contribution is 0.192. The van der Waals surface area contributed by atoms with Gasteiger partial charge < -0.3 is 15.4 Å². The number of hydrogen-bond donors (Lipinski definition) is 2. The van der Waals surface area contributed by atoms with Crippen LogP contribution in [0.3, 0.4) is 0 Å². The summed E-state index contributed by atoms with van der Waals surface area (Å²) in [6.07, 6.45) is 4.72. The molecular formula is C16H28FN3O. The molecule has 21 heavy (non-hydrogen) atoms. The van der Waals surface area contributed by atoms with Crippen LogP contribution in [0, 0.1) is 5.82 Å². The topological polar surface area (TPSA) is 46.2 Å². The fourth-order valence-corrected chi connectivity index (χ4v) is 1.86. The highest BCUT2D eigenvalue weighted by atomic mass is 19.1. The van der Waals surface area contributed by atoms with E-state index in [4.69, 9.17) is 4.74 Å². The van der Waals surface area contributed by atoms with Crippen LogP contribution in [-0.4, -0.2) is 30.8 Å². The van der Waals surface area contributed by atoms with Gasteiger partial charge in [0.25, 0.3) is 0 Å². The zero-order chi connectivity index (χ0) is 15.7. The van der Waals surface area contributed by atoms with E-state index in [1.165, 1.54) is 0 Å². The second-order valence-electron chi connectivity index (χ2n) is 6.22. The number of nitrogens with zero attached hydrogens (tertiary/aromatic N) is 1. The van der Waals surface area contributed by atoms with E-state index in [0.717, 1.165) is 32.4 Å². The summed E-state index contributed by atoms with van der Waals surface area (Å²) in [6.45, 7) is 8.19. The molecule has 120 valence electrons. The fourth-order valence-electron chi connectivity index (χ4n) is 1.86. The molecule has 1 heterocycles. The molecular weight excluding hydrogens is 269 g/mol. The Balaban J connectivity index is 2.44. The fraction of sp³-hybridized carbons (Fsp3) is 0.688. The smallest absolute Gasteiger partial charge is 0.169 e. The number of halogens is 1. The lowest BCUT2D eigenvalue weighted by atomic mass is 10.1. The molecule has 0 aromatic carbocycles. The maximum absolute atomic E-state index is 14.3. The summed E-state index contributed by atoms with van der Waals surface area (Å²) in [4.78, 5) is 4.08. The van der Waals surface area contributed by atoms with Crippen LogP contribution < -0.4 is 10.6 Å². The highest BCUT2D eigenvalue weighted by Gasteiger charge is 2.13. The van der Waals surface area contributed by atoms with Gasteiger partial charge in [-0.15, -0.1) is 0 Å². The first-order valence-electron chi connectivity index (χ1n) is 7.55. The quantitative estimate of drug-likeness (QED) is 0.686. The van der Waals surface area contributed by atoms with E-state index in [9.17, 15) is 4.39 Å². The number of nitrogens with one attached hydrogen (secondary N) is 2. The van der Waals surface area contributed by atoms with Crippen LogP contribution in [0.2, 0.25) is 0 Å². The van der Waals surface area contributed by atoms with Crippen LogP contribution in [0.15, 0.2) is 12.3 Å². The lowest BCUT2D eigenvalue weighted by Gasteiger charge is -2.21. The number of pyridine rings is 1. The summed E-state index contributed by atoms with van der Waals surface area (Å²) in [7, 11) is 1.70. The van der Waals surface area contributed by atoms with Gasteiger partial charge in [-0.2, -0.15) is 0 Å². The van der Waals surface area contributed by atoms with E-state index in [1.54, 1.807) is 19.4 Å². The van der Waals surface area contributed by atoms with Crippen molar-refractivity contribution in [3.63, 3.8) is 0 Å². The molecule has 4 nitrogen and oxygen atoms in total. The number of aromatic nitrogens is 1. The van der Waals surface area contributed by atoms with Crippen molar-refractivity contribution in [2.75, 3.05) is 25.6 Å². The van der Waals surface area contributed by atoms with Crippen molar-refractivity contribution >= 4 is 5.82 Å². The molecule has 0 atom stereocenters. The Morgan fingerprint density at radius 3 is 2.67 bits per heavy atom. The second kappa shape index (κ2) is 8.95. The predicted octanol–water partition coefficient (Wildman–Crippen LogP) is 3.34. The molecule has 0 aliphatic carbocycles. The summed E-state index contributed by atoms with van der Waals surface area (Å²) in [5.41, 5.74) is 0.604. The largest absolute Gasteiger partial charge is 0.385 e. The van der Waals surface area contributed by atoms with E-state index in [1.807, 2.05) is 0 Å². The Morgan fingerprint density at radius 2 is 2.00 bits per heavy atom. The van der Waals surface area contributed by atoms with E-state index < -0.39 is 0 Å². The Kier molecular flexibility index (Phi) is 7.61. The molecule has 1 aromatic rings. The third kappa shape index (κ3) is 7.39. The molecule has 2 N–H and O–H groups in total. The van der Waals surface area contributed by atoms with Crippen LogP contribution in [-0.2, 0) is 11.3 Å². The first kappa shape index (κ1) is 17.9. The zero-order valence-corrected chi connectivity index (χ0v) is 13.6. The number of hydrogen-bond acceptors (Lipinski definition) is 4. The average Bonchev–Trinajstić information content (AvgIpc) is 2.42. The zero-order valence-electron chi connectivity index (χ0n) is 13.6. The lowest BCUT2D eigenvalue weighted by Crippen LogP contribution is -2.35.